The fourth-order valence-electron chi connectivity index (χ4n) is 0.824. The van der Waals surface area contributed by atoms with E-state index in [2.05, 4.69) is 6.58 Å². The van der Waals surface area contributed by atoms with Crippen molar-refractivity contribution in [2.75, 3.05) is 6.61 Å². The van der Waals surface area contributed by atoms with Gasteiger partial charge in [0.1, 0.15) is 18.4 Å². The first-order chi connectivity index (χ1) is 6.84. The molecule has 15 heavy (non-hydrogen) atoms. The molecule has 2 unspecified atom stereocenters. The number of aliphatic hydroxyl groups excluding tert-OH is 1. The van der Waals surface area contributed by atoms with E-state index in [-0.39, 0.29) is 12.4 Å². The number of nitrogens with two attached hydrogens (primary N) is 1. The van der Waals surface area contributed by atoms with Crippen LogP contribution in [0, 0.1) is 0 Å². The second-order valence-corrected chi connectivity index (χ2v) is 2.88. The van der Waals surface area contributed by atoms with Crippen LogP contribution in [-0.2, 0) is 14.3 Å². The highest BCUT2D eigenvalue weighted by Gasteiger charge is 2.27. The molecule has 0 saturated heterocycles. The molecule has 0 aromatic heterocycles. The van der Waals surface area contributed by atoms with Crippen molar-refractivity contribution in [3.8, 4) is 0 Å². The van der Waals surface area contributed by atoms with Crippen LogP contribution in [0.4, 0.5) is 0 Å². The van der Waals surface area contributed by atoms with Crippen molar-refractivity contribution in [2.45, 2.75) is 18.6 Å². The Kier molecular flexibility index (Phi) is 5.35. The van der Waals surface area contributed by atoms with E-state index in [0.717, 1.165) is 0 Å². The fraction of sp³-hybridized carbons (Fsp3) is 0.500. The van der Waals surface area contributed by atoms with Gasteiger partial charge in [0.2, 0.25) is 0 Å². The molecule has 0 saturated carbocycles. The lowest BCUT2D eigenvalue weighted by molar-refractivity contribution is -0.146. The lowest BCUT2D eigenvalue weighted by atomic mass is 10.1. The first-order valence-corrected chi connectivity index (χ1v) is 4.03. The number of hydrogen-bond donors (Lipinski definition) is 4. The van der Waals surface area contributed by atoms with Gasteiger partial charge in [0, 0.05) is 0 Å². The van der Waals surface area contributed by atoms with Crippen LogP contribution in [0.2, 0.25) is 0 Å². The van der Waals surface area contributed by atoms with E-state index < -0.39 is 30.5 Å². The van der Waals surface area contributed by atoms with E-state index >= 15 is 0 Å². The molecule has 2 atom stereocenters. The Morgan fingerprint density at radius 3 is 2.20 bits per heavy atom. The van der Waals surface area contributed by atoms with Gasteiger partial charge in [-0.2, -0.15) is 0 Å². The molecule has 0 aromatic rings. The number of aliphatic carboxylic acids is 2. The molecular formula is C8H13NO6. The molecule has 0 spiro atoms. The highest BCUT2D eigenvalue weighted by atomic mass is 16.5. The molecule has 0 radical (unpaired) electrons. The number of ether oxygens (including phenoxy) is 1. The Balaban J connectivity index is 4.36. The minimum atomic E-state index is -1.46. The smallest absolute Gasteiger partial charge is 0.323 e. The van der Waals surface area contributed by atoms with Crippen LogP contribution in [0.15, 0.2) is 12.3 Å². The van der Waals surface area contributed by atoms with Gasteiger partial charge in [-0.15, -0.1) is 0 Å². The van der Waals surface area contributed by atoms with E-state index in [1.165, 1.54) is 0 Å². The summed E-state index contributed by atoms with van der Waals surface area (Å²) in [4.78, 5) is 20.9. The first-order valence-electron chi connectivity index (χ1n) is 4.03. The van der Waals surface area contributed by atoms with Crippen LogP contribution in [0.25, 0.3) is 0 Å². The molecule has 0 aliphatic heterocycles. The minimum Gasteiger partial charge on any atom is -0.510 e. The van der Waals surface area contributed by atoms with E-state index in [1.54, 1.807) is 0 Å². The average Bonchev–Trinajstić information content (AvgIpc) is 2.10. The third kappa shape index (κ3) is 5.66. The zero-order valence-corrected chi connectivity index (χ0v) is 7.92. The standard InChI is InChI=1S/C8H13NO6/c1-4(10)3-15-5(2-6(11)12)7(9)8(13)14/h5,7,10H,1-3,9H2,(H,11,12)(H,13,14). The van der Waals surface area contributed by atoms with Crippen LogP contribution in [-0.4, -0.2) is 46.0 Å². The lowest BCUT2D eigenvalue weighted by Crippen LogP contribution is -2.44. The fourth-order valence-corrected chi connectivity index (χ4v) is 0.824. The van der Waals surface area contributed by atoms with Gasteiger partial charge < -0.3 is 25.8 Å². The summed E-state index contributed by atoms with van der Waals surface area (Å²) in [6.45, 7) is 2.76. The van der Waals surface area contributed by atoms with Gasteiger partial charge in [-0.1, -0.05) is 6.58 Å². The van der Waals surface area contributed by atoms with Crippen LogP contribution < -0.4 is 5.73 Å². The summed E-state index contributed by atoms with van der Waals surface area (Å²) in [5, 5.41) is 25.7. The molecule has 5 N–H and O–H groups in total. The molecule has 0 amide bonds. The van der Waals surface area contributed by atoms with Crippen LogP contribution in [0.3, 0.4) is 0 Å². The predicted octanol–water partition coefficient (Wildman–Crippen LogP) is -0.670. The summed E-state index contributed by atoms with van der Waals surface area (Å²) >= 11 is 0. The topological polar surface area (TPSA) is 130 Å². The van der Waals surface area contributed by atoms with Gasteiger partial charge in [-0.3, -0.25) is 9.59 Å². The Labute approximate surface area is 85.8 Å². The van der Waals surface area contributed by atoms with E-state index in [1.807, 2.05) is 0 Å². The van der Waals surface area contributed by atoms with E-state index in [4.69, 9.17) is 25.8 Å². The van der Waals surface area contributed by atoms with Crippen molar-refractivity contribution in [1.29, 1.82) is 0 Å². The summed E-state index contributed by atoms with van der Waals surface area (Å²) < 4.78 is 4.80. The summed E-state index contributed by atoms with van der Waals surface area (Å²) in [6, 6.07) is -1.46. The third-order valence-electron chi connectivity index (χ3n) is 1.53. The van der Waals surface area contributed by atoms with Gasteiger partial charge in [-0.05, 0) is 0 Å². The molecular weight excluding hydrogens is 206 g/mol. The molecule has 0 aliphatic rings. The third-order valence-corrected chi connectivity index (χ3v) is 1.53. The molecule has 7 heteroatoms. The largest absolute Gasteiger partial charge is 0.510 e. The zero-order valence-electron chi connectivity index (χ0n) is 7.92. The van der Waals surface area contributed by atoms with Gasteiger partial charge in [0.25, 0.3) is 0 Å². The Morgan fingerprint density at radius 1 is 1.33 bits per heavy atom. The van der Waals surface area contributed by atoms with Crippen molar-refractivity contribution in [1.82, 2.24) is 0 Å². The first kappa shape index (κ1) is 13.4. The number of carboxylic acids is 2. The Bertz CT molecular complexity index is 264. The number of carbonyl (C=O) groups is 2. The van der Waals surface area contributed by atoms with E-state index in [0.29, 0.717) is 0 Å². The molecule has 86 valence electrons. The highest BCUT2D eigenvalue weighted by molar-refractivity contribution is 5.76. The number of carboxylic acid groups (broad SMARTS) is 2. The molecule has 0 fully saturated rings. The molecule has 7 nitrogen and oxygen atoms in total. The summed E-state index contributed by atoms with van der Waals surface area (Å²) in [5.74, 6) is -2.94. The maximum Gasteiger partial charge on any atom is 0.323 e. The van der Waals surface area contributed by atoms with Crippen molar-refractivity contribution < 1.29 is 29.6 Å². The minimum absolute atomic E-state index is 0.331. The SMILES string of the molecule is C=C(O)COC(CC(=O)O)C(N)C(=O)O. The van der Waals surface area contributed by atoms with E-state index in [9.17, 15) is 9.59 Å². The predicted molar refractivity (Wildman–Crippen MR) is 49.4 cm³/mol. The molecule has 0 heterocycles. The van der Waals surface area contributed by atoms with Crippen molar-refractivity contribution >= 4 is 11.9 Å². The number of aliphatic hydroxyl groups is 1. The molecule has 0 aromatic carbocycles. The van der Waals surface area contributed by atoms with Gasteiger partial charge >= 0.3 is 11.9 Å². The highest BCUT2D eigenvalue weighted by Crippen LogP contribution is 2.05. The molecule has 0 rings (SSSR count). The van der Waals surface area contributed by atoms with Crippen LogP contribution in [0.1, 0.15) is 6.42 Å². The van der Waals surface area contributed by atoms with Crippen molar-refractivity contribution in [3.05, 3.63) is 12.3 Å². The molecule has 0 bridgehead atoms. The lowest BCUT2D eigenvalue weighted by Gasteiger charge is -2.19. The summed E-state index contributed by atoms with van der Waals surface area (Å²) in [6.07, 6.45) is -1.76. The van der Waals surface area contributed by atoms with Gasteiger partial charge in [0.15, 0.2) is 0 Å². The zero-order chi connectivity index (χ0) is 12.0. The maximum atomic E-state index is 10.5. The van der Waals surface area contributed by atoms with Crippen LogP contribution in [0.5, 0.6) is 0 Å². The second kappa shape index (κ2) is 5.99. The maximum absolute atomic E-state index is 10.5. The quantitative estimate of drug-likeness (QED) is 0.417. The number of rotatable bonds is 7. The Hall–Kier alpha value is -1.60. The summed E-state index contributed by atoms with van der Waals surface area (Å²) in [5.41, 5.74) is 5.20. The Morgan fingerprint density at radius 2 is 1.87 bits per heavy atom. The van der Waals surface area contributed by atoms with Crippen molar-refractivity contribution in [3.63, 3.8) is 0 Å². The average molecular weight is 219 g/mol. The van der Waals surface area contributed by atoms with Crippen molar-refractivity contribution in [2.24, 2.45) is 5.73 Å². The monoisotopic (exact) mass is 219 g/mol. The number of hydrogen-bond acceptors (Lipinski definition) is 5. The van der Waals surface area contributed by atoms with Crippen LogP contribution >= 0.6 is 0 Å². The van der Waals surface area contributed by atoms with Gasteiger partial charge in [0.05, 0.1) is 12.5 Å². The van der Waals surface area contributed by atoms with Gasteiger partial charge in [-0.25, -0.2) is 0 Å². The molecule has 0 aliphatic carbocycles. The second-order valence-electron chi connectivity index (χ2n) is 2.88. The normalized spacial score (nSPS) is 14.2. The summed E-state index contributed by atoms with van der Waals surface area (Å²) in [7, 11) is 0.